The lowest BCUT2D eigenvalue weighted by Gasteiger charge is -2.05. The third-order valence-corrected chi connectivity index (χ3v) is 2.92. The Balaban J connectivity index is 1.94. The SMILES string of the molecule is NCCCC(=O)NCCCCCc1ccccc1. The molecule has 1 aromatic rings. The number of aryl methyl sites for hydroxylation is 1. The molecule has 3 heteroatoms. The highest BCUT2D eigenvalue weighted by Gasteiger charge is 1.99. The topological polar surface area (TPSA) is 55.1 Å². The van der Waals surface area contributed by atoms with Crippen LogP contribution in [0.4, 0.5) is 0 Å². The number of rotatable bonds is 9. The van der Waals surface area contributed by atoms with Crippen molar-refractivity contribution >= 4 is 5.91 Å². The van der Waals surface area contributed by atoms with Crippen LogP contribution in [0.5, 0.6) is 0 Å². The van der Waals surface area contributed by atoms with Crippen LogP contribution in [0, 0.1) is 0 Å². The second-order valence-electron chi connectivity index (χ2n) is 4.54. The second-order valence-corrected chi connectivity index (χ2v) is 4.54. The normalized spacial score (nSPS) is 10.3. The largest absolute Gasteiger partial charge is 0.356 e. The molecule has 1 aromatic carbocycles. The van der Waals surface area contributed by atoms with Crippen molar-refractivity contribution in [2.24, 2.45) is 5.73 Å². The van der Waals surface area contributed by atoms with Gasteiger partial charge in [-0.3, -0.25) is 4.79 Å². The molecule has 3 N–H and O–H groups in total. The molecule has 1 amide bonds. The Morgan fingerprint density at radius 1 is 1.06 bits per heavy atom. The van der Waals surface area contributed by atoms with E-state index in [2.05, 4.69) is 29.6 Å². The first-order chi connectivity index (χ1) is 8.83. The molecular weight excluding hydrogens is 224 g/mol. The van der Waals surface area contributed by atoms with Crippen LogP contribution in [-0.2, 0) is 11.2 Å². The molecule has 0 unspecified atom stereocenters. The standard InChI is InChI=1S/C15H24N2O/c16-12-7-11-15(18)17-13-6-2-5-10-14-8-3-1-4-9-14/h1,3-4,8-9H,2,5-7,10-13,16H2,(H,17,18). The van der Waals surface area contributed by atoms with E-state index in [0.717, 1.165) is 32.2 Å². The molecule has 18 heavy (non-hydrogen) atoms. The van der Waals surface area contributed by atoms with Gasteiger partial charge in [0.05, 0.1) is 0 Å². The molecule has 0 atom stereocenters. The lowest BCUT2D eigenvalue weighted by atomic mass is 10.1. The van der Waals surface area contributed by atoms with E-state index in [1.54, 1.807) is 0 Å². The Morgan fingerprint density at radius 2 is 1.83 bits per heavy atom. The molecule has 0 fully saturated rings. The Kier molecular flexibility index (Phi) is 7.89. The highest BCUT2D eigenvalue weighted by Crippen LogP contribution is 2.05. The fourth-order valence-corrected chi connectivity index (χ4v) is 1.85. The molecule has 0 bridgehead atoms. The number of carbonyl (C=O) groups excluding carboxylic acids is 1. The molecule has 0 heterocycles. The molecule has 0 spiro atoms. The van der Waals surface area contributed by atoms with Gasteiger partial charge in [-0.15, -0.1) is 0 Å². The summed E-state index contributed by atoms with van der Waals surface area (Å²) in [4.78, 5) is 11.3. The van der Waals surface area contributed by atoms with Crippen molar-refractivity contribution in [3.63, 3.8) is 0 Å². The van der Waals surface area contributed by atoms with Gasteiger partial charge in [0.1, 0.15) is 0 Å². The Bertz CT molecular complexity index is 325. The lowest BCUT2D eigenvalue weighted by Crippen LogP contribution is -2.24. The lowest BCUT2D eigenvalue weighted by molar-refractivity contribution is -0.121. The van der Waals surface area contributed by atoms with Gasteiger partial charge in [0.2, 0.25) is 5.91 Å². The molecule has 0 saturated carbocycles. The van der Waals surface area contributed by atoms with E-state index in [1.165, 1.54) is 12.0 Å². The molecule has 0 aromatic heterocycles. The van der Waals surface area contributed by atoms with Gasteiger partial charge >= 0.3 is 0 Å². The summed E-state index contributed by atoms with van der Waals surface area (Å²) in [7, 11) is 0. The fraction of sp³-hybridized carbons (Fsp3) is 0.533. The molecule has 0 aliphatic rings. The van der Waals surface area contributed by atoms with E-state index in [4.69, 9.17) is 5.73 Å². The van der Waals surface area contributed by atoms with Crippen LogP contribution in [0.15, 0.2) is 30.3 Å². The van der Waals surface area contributed by atoms with Crippen LogP contribution in [-0.4, -0.2) is 19.0 Å². The van der Waals surface area contributed by atoms with Gasteiger partial charge < -0.3 is 11.1 Å². The molecule has 1 rings (SSSR count). The minimum atomic E-state index is 0.128. The number of hydrogen-bond acceptors (Lipinski definition) is 2. The smallest absolute Gasteiger partial charge is 0.220 e. The predicted molar refractivity (Wildman–Crippen MR) is 75.3 cm³/mol. The van der Waals surface area contributed by atoms with Crippen LogP contribution in [0.1, 0.15) is 37.7 Å². The van der Waals surface area contributed by atoms with Crippen LogP contribution >= 0.6 is 0 Å². The first-order valence-electron chi connectivity index (χ1n) is 6.83. The summed E-state index contributed by atoms with van der Waals surface area (Å²) in [5, 5.41) is 2.92. The summed E-state index contributed by atoms with van der Waals surface area (Å²) in [5.74, 6) is 0.128. The monoisotopic (exact) mass is 248 g/mol. The summed E-state index contributed by atoms with van der Waals surface area (Å²) in [6.07, 6.45) is 5.86. The zero-order valence-electron chi connectivity index (χ0n) is 11.0. The maximum atomic E-state index is 11.3. The Morgan fingerprint density at radius 3 is 2.56 bits per heavy atom. The van der Waals surface area contributed by atoms with Crippen LogP contribution < -0.4 is 11.1 Å². The van der Waals surface area contributed by atoms with Crippen molar-refractivity contribution in [2.75, 3.05) is 13.1 Å². The van der Waals surface area contributed by atoms with Gasteiger partial charge in [0.25, 0.3) is 0 Å². The second kappa shape index (κ2) is 9.66. The van der Waals surface area contributed by atoms with E-state index in [9.17, 15) is 4.79 Å². The van der Waals surface area contributed by atoms with E-state index in [-0.39, 0.29) is 5.91 Å². The number of hydrogen-bond donors (Lipinski definition) is 2. The minimum absolute atomic E-state index is 0.128. The molecule has 100 valence electrons. The van der Waals surface area contributed by atoms with Crippen LogP contribution in [0.3, 0.4) is 0 Å². The molecule has 0 radical (unpaired) electrons. The zero-order valence-corrected chi connectivity index (χ0v) is 11.0. The summed E-state index contributed by atoms with van der Waals surface area (Å²) in [5.41, 5.74) is 6.74. The van der Waals surface area contributed by atoms with Crippen molar-refractivity contribution in [3.05, 3.63) is 35.9 Å². The van der Waals surface area contributed by atoms with Gasteiger partial charge in [-0.05, 0) is 37.8 Å². The zero-order chi connectivity index (χ0) is 13.1. The van der Waals surface area contributed by atoms with Gasteiger partial charge in [-0.1, -0.05) is 36.8 Å². The van der Waals surface area contributed by atoms with Crippen molar-refractivity contribution in [1.82, 2.24) is 5.32 Å². The van der Waals surface area contributed by atoms with Crippen molar-refractivity contribution in [2.45, 2.75) is 38.5 Å². The fourth-order valence-electron chi connectivity index (χ4n) is 1.85. The number of nitrogens with one attached hydrogen (secondary N) is 1. The average molecular weight is 248 g/mol. The van der Waals surface area contributed by atoms with Gasteiger partial charge in [-0.2, -0.15) is 0 Å². The summed E-state index contributed by atoms with van der Waals surface area (Å²) < 4.78 is 0. The Labute approximate surface area is 110 Å². The average Bonchev–Trinajstić information content (AvgIpc) is 2.41. The Hall–Kier alpha value is -1.35. The summed E-state index contributed by atoms with van der Waals surface area (Å²) in [6, 6.07) is 10.5. The molecular formula is C15H24N2O. The minimum Gasteiger partial charge on any atom is -0.356 e. The quantitative estimate of drug-likeness (QED) is 0.659. The first-order valence-corrected chi connectivity index (χ1v) is 6.83. The van der Waals surface area contributed by atoms with Gasteiger partial charge in [0, 0.05) is 13.0 Å². The first kappa shape index (κ1) is 14.7. The molecule has 0 aliphatic carbocycles. The van der Waals surface area contributed by atoms with Crippen molar-refractivity contribution in [3.8, 4) is 0 Å². The highest BCUT2D eigenvalue weighted by molar-refractivity contribution is 5.75. The maximum absolute atomic E-state index is 11.3. The third kappa shape index (κ3) is 7.07. The van der Waals surface area contributed by atoms with E-state index in [1.807, 2.05) is 6.07 Å². The number of carbonyl (C=O) groups is 1. The number of amides is 1. The highest BCUT2D eigenvalue weighted by atomic mass is 16.1. The number of benzene rings is 1. The van der Waals surface area contributed by atoms with Crippen molar-refractivity contribution < 1.29 is 4.79 Å². The third-order valence-electron chi connectivity index (χ3n) is 2.92. The van der Waals surface area contributed by atoms with Crippen molar-refractivity contribution in [1.29, 1.82) is 0 Å². The van der Waals surface area contributed by atoms with E-state index < -0.39 is 0 Å². The van der Waals surface area contributed by atoms with Gasteiger partial charge in [-0.25, -0.2) is 0 Å². The van der Waals surface area contributed by atoms with Crippen LogP contribution in [0.25, 0.3) is 0 Å². The van der Waals surface area contributed by atoms with E-state index >= 15 is 0 Å². The van der Waals surface area contributed by atoms with E-state index in [0.29, 0.717) is 13.0 Å². The maximum Gasteiger partial charge on any atom is 0.220 e. The molecule has 0 saturated heterocycles. The number of nitrogens with two attached hydrogens (primary N) is 1. The predicted octanol–water partition coefficient (Wildman–Crippen LogP) is 2.25. The summed E-state index contributed by atoms with van der Waals surface area (Å²) >= 11 is 0. The van der Waals surface area contributed by atoms with Crippen LogP contribution in [0.2, 0.25) is 0 Å². The molecule has 3 nitrogen and oxygen atoms in total. The summed E-state index contributed by atoms with van der Waals surface area (Å²) in [6.45, 7) is 1.38. The number of unbranched alkanes of at least 4 members (excludes halogenated alkanes) is 2. The van der Waals surface area contributed by atoms with Gasteiger partial charge in [0.15, 0.2) is 0 Å². The molecule has 0 aliphatic heterocycles.